The molecule has 0 unspecified atom stereocenters. The molecule has 306 valence electrons. The van der Waals surface area contributed by atoms with Gasteiger partial charge in [-0.2, -0.15) is 0 Å². The molecule has 1 aliphatic rings. The van der Waals surface area contributed by atoms with Gasteiger partial charge in [-0.25, -0.2) is 0 Å². The lowest BCUT2D eigenvalue weighted by Gasteiger charge is -2.31. The van der Waals surface area contributed by atoms with Gasteiger partial charge in [0, 0.05) is 19.4 Å². The van der Waals surface area contributed by atoms with Crippen LogP contribution in [0.4, 0.5) is 0 Å². The van der Waals surface area contributed by atoms with Gasteiger partial charge in [-0.05, 0) is 61.8 Å². The van der Waals surface area contributed by atoms with Gasteiger partial charge in [0.15, 0.2) is 0 Å². The van der Waals surface area contributed by atoms with Gasteiger partial charge in [0.25, 0.3) is 0 Å². The first-order valence-electron chi connectivity index (χ1n) is 19.4. The predicted octanol–water partition coefficient (Wildman–Crippen LogP) is 1.25. The highest BCUT2D eigenvalue weighted by atomic mass is 16.3. The van der Waals surface area contributed by atoms with Crippen LogP contribution in [0.5, 0.6) is 5.75 Å². The molecule has 0 aliphatic carbocycles. The molecular formula is C41H59N7O8. The number of phenolic OH excluding ortho intramolecular Hbond substituents is 1. The van der Waals surface area contributed by atoms with E-state index in [0.717, 1.165) is 11.8 Å². The summed E-state index contributed by atoms with van der Waals surface area (Å²) in [5, 5.41) is 23.5. The van der Waals surface area contributed by atoms with Crippen molar-refractivity contribution in [1.82, 2.24) is 31.5 Å². The molecule has 0 radical (unpaired) electrons. The molecule has 3 rings (SSSR count). The van der Waals surface area contributed by atoms with Crippen LogP contribution >= 0.6 is 0 Å². The molecule has 9 atom stereocenters. The van der Waals surface area contributed by atoms with Gasteiger partial charge < -0.3 is 47.1 Å². The van der Waals surface area contributed by atoms with E-state index < -0.39 is 71.8 Å². The summed E-state index contributed by atoms with van der Waals surface area (Å²) >= 11 is 0. The van der Waals surface area contributed by atoms with Crippen molar-refractivity contribution >= 4 is 41.7 Å². The van der Waals surface area contributed by atoms with Gasteiger partial charge in [-0.3, -0.25) is 28.8 Å². The van der Waals surface area contributed by atoms with Gasteiger partial charge in [0.1, 0.15) is 42.2 Å². The summed E-state index contributed by atoms with van der Waals surface area (Å²) in [6.45, 7) is 10.7. The van der Waals surface area contributed by atoms with Gasteiger partial charge >= 0.3 is 0 Å². The van der Waals surface area contributed by atoms with E-state index in [2.05, 4.69) is 26.6 Å². The highest BCUT2D eigenvalue weighted by Gasteiger charge is 2.38. The number of carbonyl (C=O) groups excluding carboxylic acids is 7. The lowest BCUT2D eigenvalue weighted by molar-refractivity contribution is -0.140. The predicted molar refractivity (Wildman–Crippen MR) is 211 cm³/mol. The number of phenols is 1. The van der Waals surface area contributed by atoms with Crippen LogP contribution in [0.15, 0.2) is 54.6 Å². The van der Waals surface area contributed by atoms with E-state index in [-0.39, 0.29) is 36.3 Å². The highest BCUT2D eigenvalue weighted by Crippen LogP contribution is 2.21. The van der Waals surface area contributed by atoms with Crippen molar-refractivity contribution in [3.8, 4) is 5.75 Å². The van der Waals surface area contributed by atoms with Crippen molar-refractivity contribution in [2.45, 2.75) is 122 Å². The van der Waals surface area contributed by atoms with Crippen molar-refractivity contribution in [3.05, 3.63) is 65.7 Å². The number of aldehydes is 1. The Bertz CT molecular complexity index is 1650. The molecule has 6 amide bonds. The second-order valence-corrected chi connectivity index (χ2v) is 14.8. The summed E-state index contributed by atoms with van der Waals surface area (Å²) in [5.74, 6) is -4.12. The number of nitrogens with zero attached hydrogens (tertiary/aromatic N) is 1. The molecule has 56 heavy (non-hydrogen) atoms. The molecule has 1 aliphatic heterocycles. The minimum absolute atomic E-state index is 0.000465. The van der Waals surface area contributed by atoms with Crippen molar-refractivity contribution < 1.29 is 38.7 Å². The smallest absolute Gasteiger partial charge is 0.246 e. The molecule has 0 saturated carbocycles. The molecule has 1 heterocycles. The lowest BCUT2D eigenvalue weighted by atomic mass is 9.96. The molecule has 2 aromatic rings. The Labute approximate surface area is 329 Å². The third-order valence-corrected chi connectivity index (χ3v) is 10.4. The van der Waals surface area contributed by atoms with Crippen molar-refractivity contribution in [1.29, 1.82) is 0 Å². The Hall–Kier alpha value is -5.31. The lowest BCUT2D eigenvalue weighted by Crippen LogP contribution is -2.61. The fraction of sp³-hybridized carbons (Fsp3) is 0.537. The molecule has 15 nitrogen and oxygen atoms in total. The van der Waals surface area contributed by atoms with Crippen LogP contribution in [0.1, 0.15) is 78.4 Å². The summed E-state index contributed by atoms with van der Waals surface area (Å²) in [7, 11) is 0. The topological polar surface area (TPSA) is 229 Å². The standard InChI is InChI=1S/C41H59N7O8/c1-7-24(3)34(46-36(51)26(5)42)40(55)43-27(6)37(52)44-32(22-29-16-18-31(50)19-17-29)38(53)45-33(21-28-13-10-9-11-14-28)39(54)47-35(25(4)8-2)41(56)48-20-12-15-30(48)23-49/h9-11,13-14,16-19,23-27,30,32-35,50H,7-8,12,15,20-22,42H2,1-6H3,(H,43,55)(H,44,52)(H,45,53)(H,46,51)(H,47,54)/t24-,25-,26-,27-,30-,32-,33-,34-,35-/m0/s1. The summed E-state index contributed by atoms with van der Waals surface area (Å²) in [6.07, 6.45) is 3.07. The van der Waals surface area contributed by atoms with Crippen molar-refractivity contribution in [2.75, 3.05) is 6.54 Å². The van der Waals surface area contributed by atoms with Crippen molar-refractivity contribution in [2.24, 2.45) is 17.6 Å². The maximum Gasteiger partial charge on any atom is 0.246 e. The number of hydrogen-bond acceptors (Lipinski definition) is 9. The SMILES string of the molecule is CC[C@H](C)[C@H](NC(=O)[C@H](C)N)C(=O)N[C@@H](C)C(=O)N[C@@H](Cc1ccc(O)cc1)C(=O)N[C@@H](Cc1ccccc1)C(=O)N[C@H](C(=O)N1CCC[C@H]1C=O)[C@@H](C)CC. The summed E-state index contributed by atoms with van der Waals surface area (Å²) in [6, 6.07) is 8.09. The van der Waals surface area contributed by atoms with Gasteiger partial charge in [0.2, 0.25) is 35.4 Å². The summed E-state index contributed by atoms with van der Waals surface area (Å²) in [5.41, 5.74) is 7.01. The fourth-order valence-corrected chi connectivity index (χ4v) is 6.38. The van der Waals surface area contributed by atoms with Crippen LogP contribution in [0, 0.1) is 11.8 Å². The molecule has 0 aromatic heterocycles. The van der Waals surface area contributed by atoms with E-state index >= 15 is 0 Å². The highest BCUT2D eigenvalue weighted by molar-refractivity contribution is 5.97. The van der Waals surface area contributed by atoms with Gasteiger partial charge in [0.05, 0.1) is 12.1 Å². The third kappa shape index (κ3) is 12.9. The minimum Gasteiger partial charge on any atom is -0.508 e. The zero-order chi connectivity index (χ0) is 41.5. The molecule has 2 aromatic carbocycles. The van der Waals surface area contributed by atoms with Crippen molar-refractivity contribution in [3.63, 3.8) is 0 Å². The van der Waals surface area contributed by atoms with E-state index in [1.54, 1.807) is 43.3 Å². The number of carbonyl (C=O) groups is 7. The Morgan fingerprint density at radius 1 is 0.714 bits per heavy atom. The second-order valence-electron chi connectivity index (χ2n) is 14.8. The Morgan fingerprint density at radius 3 is 1.79 bits per heavy atom. The van der Waals surface area contributed by atoms with Crippen LogP contribution in [0.3, 0.4) is 0 Å². The average molecular weight is 778 g/mol. The number of nitrogens with one attached hydrogen (secondary N) is 5. The maximum absolute atomic E-state index is 14.2. The van der Waals surface area contributed by atoms with Crippen LogP contribution in [0.25, 0.3) is 0 Å². The zero-order valence-corrected chi connectivity index (χ0v) is 33.2. The summed E-state index contributed by atoms with van der Waals surface area (Å²) in [4.78, 5) is 94.7. The van der Waals surface area contributed by atoms with E-state index in [4.69, 9.17) is 5.73 Å². The first-order valence-corrected chi connectivity index (χ1v) is 19.4. The fourth-order valence-electron chi connectivity index (χ4n) is 6.38. The molecule has 1 fully saturated rings. The van der Waals surface area contributed by atoms with Crippen LogP contribution in [-0.2, 0) is 46.4 Å². The first-order chi connectivity index (χ1) is 26.6. The second kappa shape index (κ2) is 21.7. The van der Waals surface area contributed by atoms with E-state index in [1.165, 1.54) is 30.9 Å². The molecule has 15 heteroatoms. The first kappa shape index (κ1) is 45.1. The Kier molecular flexibility index (Phi) is 17.5. The minimum atomic E-state index is -1.26. The van der Waals surface area contributed by atoms with E-state index in [0.29, 0.717) is 37.8 Å². The number of hydrogen-bond donors (Lipinski definition) is 7. The Balaban J connectivity index is 1.89. The number of rotatable bonds is 20. The number of aromatic hydroxyl groups is 1. The molecule has 0 spiro atoms. The van der Waals surface area contributed by atoms with Crippen LogP contribution in [-0.4, -0.2) is 101 Å². The number of benzene rings is 2. The largest absolute Gasteiger partial charge is 0.508 e. The van der Waals surface area contributed by atoms with E-state index in [1.807, 2.05) is 26.8 Å². The number of likely N-dealkylation sites (tertiary alicyclic amines) is 1. The number of nitrogens with two attached hydrogens (primary N) is 1. The average Bonchev–Trinajstić information content (AvgIpc) is 3.67. The van der Waals surface area contributed by atoms with Gasteiger partial charge in [-0.1, -0.05) is 83.0 Å². The quantitative estimate of drug-likeness (QED) is 0.0959. The third-order valence-electron chi connectivity index (χ3n) is 10.4. The molecule has 0 bridgehead atoms. The molecule has 1 saturated heterocycles. The molecular weight excluding hydrogens is 718 g/mol. The van der Waals surface area contributed by atoms with Crippen LogP contribution in [0.2, 0.25) is 0 Å². The maximum atomic E-state index is 14.2. The zero-order valence-electron chi connectivity index (χ0n) is 33.2. The monoisotopic (exact) mass is 777 g/mol. The Morgan fingerprint density at radius 2 is 1.23 bits per heavy atom. The summed E-state index contributed by atoms with van der Waals surface area (Å²) < 4.78 is 0. The normalized spacial score (nSPS) is 18.1. The number of amides is 6. The van der Waals surface area contributed by atoms with Crippen LogP contribution < -0.4 is 32.3 Å². The van der Waals surface area contributed by atoms with Gasteiger partial charge in [-0.15, -0.1) is 0 Å². The molecule has 8 N–H and O–H groups in total. The van der Waals surface area contributed by atoms with E-state index in [9.17, 15) is 38.7 Å².